The number of hydrogen-bond acceptors (Lipinski definition) is 4. The minimum atomic E-state index is -0.425. The van der Waals surface area contributed by atoms with E-state index in [0.717, 1.165) is 30.5 Å². The van der Waals surface area contributed by atoms with Crippen molar-refractivity contribution in [2.45, 2.75) is 24.8 Å². The molecule has 0 bridgehead atoms. The summed E-state index contributed by atoms with van der Waals surface area (Å²) in [5.74, 6) is 0. The van der Waals surface area contributed by atoms with Gasteiger partial charge in [-0.15, -0.1) is 0 Å². The minimum absolute atomic E-state index is 0.425. The lowest BCUT2D eigenvalue weighted by Crippen LogP contribution is -2.33. The molecule has 1 aliphatic rings. The summed E-state index contributed by atoms with van der Waals surface area (Å²) in [6.45, 7) is 0. The molecule has 1 aliphatic carbocycles. The maximum Gasteiger partial charge on any atom is 0.235 e. The summed E-state index contributed by atoms with van der Waals surface area (Å²) < 4.78 is 0. The van der Waals surface area contributed by atoms with E-state index in [0.29, 0.717) is 0 Å². The number of benzene rings is 1. The van der Waals surface area contributed by atoms with Crippen molar-refractivity contribution in [2.75, 3.05) is 0 Å². The molecule has 0 radical (unpaired) electrons. The van der Waals surface area contributed by atoms with E-state index in [-0.39, 0.29) is 0 Å². The smallest absolute Gasteiger partial charge is 0.211 e. The Balaban J connectivity index is 2.15. The average molecular weight is 240 g/mol. The van der Waals surface area contributed by atoms with Crippen LogP contribution in [0, 0.1) is 0 Å². The van der Waals surface area contributed by atoms with Gasteiger partial charge in [0.25, 0.3) is 0 Å². The molecule has 1 saturated carbocycles. The fourth-order valence-electron chi connectivity index (χ4n) is 2.42. The third kappa shape index (κ3) is 1.57. The van der Waals surface area contributed by atoms with Gasteiger partial charge in [0.15, 0.2) is 0 Å². The number of rotatable bonds is 3. The van der Waals surface area contributed by atoms with Gasteiger partial charge < -0.3 is 0 Å². The van der Waals surface area contributed by atoms with Crippen molar-refractivity contribution < 1.29 is 4.79 Å². The summed E-state index contributed by atoms with van der Waals surface area (Å²) in [6.07, 6.45) is 7.80. The minimum Gasteiger partial charge on any atom is -0.211 e. The third-order valence-electron chi connectivity index (χ3n) is 3.48. The van der Waals surface area contributed by atoms with E-state index >= 15 is 0 Å². The van der Waals surface area contributed by atoms with Gasteiger partial charge in [-0.05, 0) is 25.3 Å². The zero-order valence-corrected chi connectivity index (χ0v) is 9.78. The number of para-hydroxylation sites is 1. The summed E-state index contributed by atoms with van der Waals surface area (Å²) in [4.78, 5) is 16.2. The van der Waals surface area contributed by atoms with Crippen molar-refractivity contribution in [1.82, 2.24) is 15.0 Å². The number of carbonyl (C=O) groups excluding carboxylic acids is 1. The number of isocyanates is 1. The molecular formula is C13H12N4O. The predicted molar refractivity (Wildman–Crippen MR) is 65.0 cm³/mol. The molecule has 3 rings (SSSR count). The number of nitrogens with zero attached hydrogens (tertiary/aromatic N) is 4. The first-order valence-corrected chi connectivity index (χ1v) is 5.91. The highest BCUT2D eigenvalue weighted by molar-refractivity contribution is 5.48. The Labute approximate surface area is 104 Å². The van der Waals surface area contributed by atoms with Gasteiger partial charge in [-0.25, -0.2) is 4.79 Å². The molecule has 5 nitrogen and oxygen atoms in total. The van der Waals surface area contributed by atoms with Gasteiger partial charge in [0.2, 0.25) is 6.08 Å². The molecule has 18 heavy (non-hydrogen) atoms. The Kier molecular flexibility index (Phi) is 2.54. The molecule has 1 aromatic heterocycles. The lowest BCUT2D eigenvalue weighted by Gasteiger charge is -2.37. The second-order valence-electron chi connectivity index (χ2n) is 4.42. The molecule has 1 aromatic carbocycles. The lowest BCUT2D eigenvalue weighted by atomic mass is 9.72. The van der Waals surface area contributed by atoms with E-state index in [1.165, 1.54) is 0 Å². The van der Waals surface area contributed by atoms with Gasteiger partial charge in [-0.2, -0.15) is 20.0 Å². The largest absolute Gasteiger partial charge is 0.235 e. The second kappa shape index (κ2) is 4.20. The van der Waals surface area contributed by atoms with Crippen LogP contribution in [0.25, 0.3) is 5.69 Å². The van der Waals surface area contributed by atoms with E-state index in [4.69, 9.17) is 0 Å². The molecule has 2 aromatic rings. The maximum atomic E-state index is 10.7. The van der Waals surface area contributed by atoms with Gasteiger partial charge in [0.1, 0.15) is 5.54 Å². The Bertz CT molecular complexity index is 595. The molecule has 0 atom stereocenters. The van der Waals surface area contributed by atoms with Crippen molar-refractivity contribution in [3.63, 3.8) is 0 Å². The van der Waals surface area contributed by atoms with Crippen molar-refractivity contribution >= 4 is 6.08 Å². The first kappa shape index (κ1) is 10.9. The zero-order chi connectivity index (χ0) is 12.4. The van der Waals surface area contributed by atoms with E-state index in [2.05, 4.69) is 15.2 Å². The third-order valence-corrected chi connectivity index (χ3v) is 3.48. The van der Waals surface area contributed by atoms with Gasteiger partial charge in [-0.3, -0.25) is 0 Å². The number of hydrogen-bond donors (Lipinski definition) is 0. The topological polar surface area (TPSA) is 60.1 Å². The Morgan fingerprint density at radius 3 is 2.56 bits per heavy atom. The normalized spacial score (nSPS) is 16.7. The van der Waals surface area contributed by atoms with Crippen LogP contribution in [0.1, 0.15) is 24.8 Å². The van der Waals surface area contributed by atoms with Crippen molar-refractivity contribution in [3.05, 3.63) is 42.2 Å². The van der Waals surface area contributed by atoms with Gasteiger partial charge in [0.05, 0.1) is 18.1 Å². The number of aliphatic imine (C=N–C) groups is 1. The highest BCUT2D eigenvalue weighted by Crippen LogP contribution is 2.46. The monoisotopic (exact) mass is 240 g/mol. The average Bonchev–Trinajstić information content (AvgIpc) is 2.88. The van der Waals surface area contributed by atoms with Crippen LogP contribution in [0.3, 0.4) is 0 Å². The summed E-state index contributed by atoms with van der Waals surface area (Å²) in [7, 11) is 0. The van der Waals surface area contributed by atoms with Crippen LogP contribution in [0.15, 0.2) is 41.7 Å². The van der Waals surface area contributed by atoms with E-state index in [1.807, 2.05) is 24.3 Å². The lowest BCUT2D eigenvalue weighted by molar-refractivity contribution is 0.255. The van der Waals surface area contributed by atoms with Crippen LogP contribution in [0.4, 0.5) is 0 Å². The fourth-order valence-corrected chi connectivity index (χ4v) is 2.42. The highest BCUT2D eigenvalue weighted by Gasteiger charge is 2.40. The summed E-state index contributed by atoms with van der Waals surface area (Å²) in [5.41, 5.74) is 1.45. The number of aromatic nitrogens is 3. The summed E-state index contributed by atoms with van der Waals surface area (Å²) >= 11 is 0. The molecule has 90 valence electrons. The van der Waals surface area contributed by atoms with Crippen molar-refractivity contribution in [3.8, 4) is 5.69 Å². The van der Waals surface area contributed by atoms with Crippen LogP contribution >= 0.6 is 0 Å². The molecular weight excluding hydrogens is 228 g/mol. The van der Waals surface area contributed by atoms with Crippen LogP contribution in [0.2, 0.25) is 0 Å². The molecule has 0 amide bonds. The molecule has 0 spiro atoms. The van der Waals surface area contributed by atoms with Gasteiger partial charge in [0, 0.05) is 5.56 Å². The van der Waals surface area contributed by atoms with Crippen LogP contribution < -0.4 is 0 Å². The zero-order valence-electron chi connectivity index (χ0n) is 9.78. The van der Waals surface area contributed by atoms with Crippen LogP contribution in [-0.2, 0) is 10.3 Å². The molecule has 0 aliphatic heterocycles. The van der Waals surface area contributed by atoms with Crippen molar-refractivity contribution in [1.29, 1.82) is 0 Å². The van der Waals surface area contributed by atoms with Crippen molar-refractivity contribution in [2.24, 2.45) is 4.99 Å². The Hall–Kier alpha value is -2.26. The first-order valence-electron chi connectivity index (χ1n) is 5.91. The standard InChI is InChI=1S/C13H12N4O/c18-10-14-13(6-3-7-13)11-4-1-2-5-12(11)17-15-8-9-16-17/h1-2,4-5,8-9H,3,6-7H2. The van der Waals surface area contributed by atoms with E-state index in [1.54, 1.807) is 23.3 Å². The van der Waals surface area contributed by atoms with Crippen LogP contribution in [-0.4, -0.2) is 21.1 Å². The van der Waals surface area contributed by atoms with Crippen LogP contribution in [0.5, 0.6) is 0 Å². The van der Waals surface area contributed by atoms with Gasteiger partial charge in [-0.1, -0.05) is 18.2 Å². The quantitative estimate of drug-likeness (QED) is 0.608. The molecule has 0 saturated heterocycles. The molecule has 0 N–H and O–H groups in total. The van der Waals surface area contributed by atoms with Gasteiger partial charge >= 0.3 is 0 Å². The summed E-state index contributed by atoms with van der Waals surface area (Å²) in [5, 5.41) is 8.29. The first-order chi connectivity index (χ1) is 8.86. The fraction of sp³-hybridized carbons (Fsp3) is 0.308. The Morgan fingerprint density at radius 2 is 1.94 bits per heavy atom. The molecule has 1 heterocycles. The Morgan fingerprint density at radius 1 is 1.22 bits per heavy atom. The van der Waals surface area contributed by atoms with E-state index in [9.17, 15) is 4.79 Å². The van der Waals surface area contributed by atoms with E-state index < -0.39 is 5.54 Å². The summed E-state index contributed by atoms with van der Waals surface area (Å²) in [6, 6.07) is 7.80. The highest BCUT2D eigenvalue weighted by atomic mass is 16.1. The molecule has 5 heteroatoms. The second-order valence-corrected chi connectivity index (χ2v) is 4.42. The molecule has 1 fully saturated rings. The SMILES string of the molecule is O=C=NC1(c2ccccc2-n2nccn2)CCC1. The maximum absolute atomic E-state index is 10.7. The molecule has 0 unspecified atom stereocenters. The predicted octanol–water partition coefficient (Wildman–Crippen LogP) is 1.98.